The number of nitrogens with one attached hydrogen (secondary N) is 1. The molecule has 0 spiro atoms. The molecule has 0 fully saturated rings. The number of para-hydroxylation sites is 1. The normalized spacial score (nSPS) is 14.5. The molecule has 1 aromatic carbocycles. The van der Waals surface area contributed by atoms with Crippen LogP contribution in [0, 0.1) is 5.92 Å². The third-order valence-electron chi connectivity index (χ3n) is 2.82. The SMILES string of the molecule is CC(C)CNC(=O)CN1C(=O)CSc2ccccc21. The highest BCUT2D eigenvalue weighted by molar-refractivity contribution is 8.00. The lowest BCUT2D eigenvalue weighted by molar-refractivity contribution is -0.123. The van der Waals surface area contributed by atoms with Crippen molar-refractivity contribution in [2.75, 3.05) is 23.7 Å². The smallest absolute Gasteiger partial charge is 0.240 e. The lowest BCUT2D eigenvalue weighted by Gasteiger charge is -2.28. The fourth-order valence-corrected chi connectivity index (χ4v) is 2.78. The number of thioether (sulfide) groups is 1. The van der Waals surface area contributed by atoms with Gasteiger partial charge in [-0.3, -0.25) is 9.59 Å². The maximum absolute atomic E-state index is 12.0. The van der Waals surface area contributed by atoms with Crippen molar-refractivity contribution in [2.24, 2.45) is 5.92 Å². The zero-order valence-electron chi connectivity index (χ0n) is 11.2. The fraction of sp³-hybridized carbons (Fsp3) is 0.429. The predicted octanol–water partition coefficient (Wildman–Crippen LogP) is 1.90. The van der Waals surface area contributed by atoms with Crippen molar-refractivity contribution in [3.05, 3.63) is 24.3 Å². The van der Waals surface area contributed by atoms with Gasteiger partial charge in [0.25, 0.3) is 0 Å². The molecular formula is C14H18N2O2S. The van der Waals surface area contributed by atoms with Gasteiger partial charge in [-0.25, -0.2) is 0 Å². The van der Waals surface area contributed by atoms with Crippen molar-refractivity contribution >= 4 is 29.3 Å². The number of amides is 2. The number of rotatable bonds is 4. The van der Waals surface area contributed by atoms with Crippen LogP contribution in [-0.4, -0.2) is 30.7 Å². The minimum Gasteiger partial charge on any atom is -0.354 e. The minimum atomic E-state index is -0.108. The highest BCUT2D eigenvalue weighted by atomic mass is 32.2. The zero-order chi connectivity index (χ0) is 13.8. The van der Waals surface area contributed by atoms with E-state index in [4.69, 9.17) is 0 Å². The molecular weight excluding hydrogens is 260 g/mol. The molecule has 0 aliphatic carbocycles. The van der Waals surface area contributed by atoms with Crippen LogP contribution in [0.3, 0.4) is 0 Å². The second kappa shape index (κ2) is 6.10. The summed E-state index contributed by atoms with van der Waals surface area (Å²) in [6, 6.07) is 7.69. The predicted molar refractivity (Wildman–Crippen MR) is 77.4 cm³/mol. The molecule has 102 valence electrons. The monoisotopic (exact) mass is 278 g/mol. The number of hydrogen-bond donors (Lipinski definition) is 1. The van der Waals surface area contributed by atoms with Crippen LogP contribution in [-0.2, 0) is 9.59 Å². The molecule has 0 saturated heterocycles. The van der Waals surface area contributed by atoms with Gasteiger partial charge in [-0.15, -0.1) is 11.8 Å². The Morgan fingerprint density at radius 1 is 1.42 bits per heavy atom. The Balaban J connectivity index is 2.07. The number of carbonyl (C=O) groups excluding carboxylic acids is 2. The molecule has 1 N–H and O–H groups in total. The van der Waals surface area contributed by atoms with Crippen molar-refractivity contribution < 1.29 is 9.59 Å². The number of nitrogens with zero attached hydrogens (tertiary/aromatic N) is 1. The zero-order valence-corrected chi connectivity index (χ0v) is 12.0. The standard InChI is InChI=1S/C14H18N2O2S/c1-10(2)7-15-13(17)8-16-11-5-3-4-6-12(11)19-9-14(16)18/h3-6,10H,7-9H2,1-2H3,(H,15,17). The Hall–Kier alpha value is -1.49. The van der Waals surface area contributed by atoms with Gasteiger partial charge in [0.1, 0.15) is 6.54 Å². The first kappa shape index (κ1) is 13.9. The first-order valence-electron chi connectivity index (χ1n) is 6.37. The van der Waals surface area contributed by atoms with Crippen LogP contribution in [0.25, 0.3) is 0 Å². The second-order valence-electron chi connectivity index (χ2n) is 4.93. The van der Waals surface area contributed by atoms with Crippen molar-refractivity contribution in [3.8, 4) is 0 Å². The number of benzene rings is 1. The highest BCUT2D eigenvalue weighted by Crippen LogP contribution is 2.34. The molecule has 0 radical (unpaired) electrons. The van der Waals surface area contributed by atoms with Crippen molar-refractivity contribution in [2.45, 2.75) is 18.7 Å². The fourth-order valence-electron chi connectivity index (χ4n) is 1.84. The minimum absolute atomic E-state index is 0.0107. The van der Waals surface area contributed by atoms with Gasteiger partial charge in [-0.2, -0.15) is 0 Å². The third kappa shape index (κ3) is 3.50. The molecule has 0 bridgehead atoms. The molecule has 0 saturated carbocycles. The van der Waals surface area contributed by atoms with E-state index in [1.165, 1.54) is 11.8 Å². The van der Waals surface area contributed by atoms with Crippen LogP contribution in [0.4, 0.5) is 5.69 Å². The van der Waals surface area contributed by atoms with E-state index >= 15 is 0 Å². The molecule has 1 aliphatic heterocycles. The summed E-state index contributed by atoms with van der Waals surface area (Å²) in [5.74, 6) is 0.685. The van der Waals surface area contributed by atoms with Gasteiger partial charge in [-0.05, 0) is 18.1 Å². The molecule has 2 rings (SSSR count). The van der Waals surface area contributed by atoms with Crippen LogP contribution in [0.2, 0.25) is 0 Å². The molecule has 1 aliphatic rings. The first-order valence-corrected chi connectivity index (χ1v) is 7.35. The van der Waals surface area contributed by atoms with Gasteiger partial charge in [-0.1, -0.05) is 26.0 Å². The molecule has 4 nitrogen and oxygen atoms in total. The van der Waals surface area contributed by atoms with E-state index in [0.29, 0.717) is 18.2 Å². The summed E-state index contributed by atoms with van der Waals surface area (Å²) in [5, 5.41) is 2.84. The molecule has 5 heteroatoms. The number of carbonyl (C=O) groups is 2. The maximum Gasteiger partial charge on any atom is 0.240 e. The van der Waals surface area contributed by atoms with Crippen LogP contribution in [0.5, 0.6) is 0 Å². The average molecular weight is 278 g/mol. The number of fused-ring (bicyclic) bond motifs is 1. The summed E-state index contributed by atoms with van der Waals surface area (Å²) in [7, 11) is 0. The van der Waals surface area contributed by atoms with E-state index in [1.807, 2.05) is 38.1 Å². The molecule has 2 amide bonds. The van der Waals surface area contributed by atoms with Gasteiger partial charge in [0, 0.05) is 11.4 Å². The Morgan fingerprint density at radius 3 is 2.89 bits per heavy atom. The Bertz CT molecular complexity index is 488. The van der Waals surface area contributed by atoms with Crippen LogP contribution in [0.15, 0.2) is 29.2 Å². The topological polar surface area (TPSA) is 49.4 Å². The molecule has 1 aromatic rings. The van der Waals surface area contributed by atoms with E-state index in [9.17, 15) is 9.59 Å². The van der Waals surface area contributed by atoms with Crippen LogP contribution < -0.4 is 10.2 Å². The summed E-state index contributed by atoms with van der Waals surface area (Å²) in [6.45, 7) is 4.82. The summed E-state index contributed by atoms with van der Waals surface area (Å²) >= 11 is 1.52. The van der Waals surface area contributed by atoms with Crippen LogP contribution in [0.1, 0.15) is 13.8 Å². The number of hydrogen-bond acceptors (Lipinski definition) is 3. The highest BCUT2D eigenvalue weighted by Gasteiger charge is 2.25. The Morgan fingerprint density at radius 2 is 2.16 bits per heavy atom. The third-order valence-corrected chi connectivity index (χ3v) is 3.86. The van der Waals surface area contributed by atoms with Crippen molar-refractivity contribution in [3.63, 3.8) is 0 Å². The maximum atomic E-state index is 12.0. The molecule has 0 atom stereocenters. The molecule has 0 unspecified atom stereocenters. The van der Waals surface area contributed by atoms with Gasteiger partial charge in [0.15, 0.2) is 0 Å². The van der Waals surface area contributed by atoms with E-state index in [1.54, 1.807) is 4.90 Å². The lowest BCUT2D eigenvalue weighted by atomic mass is 10.2. The largest absolute Gasteiger partial charge is 0.354 e. The van der Waals surface area contributed by atoms with Gasteiger partial charge in [0.2, 0.25) is 11.8 Å². The summed E-state index contributed by atoms with van der Waals surface area (Å²) < 4.78 is 0. The van der Waals surface area contributed by atoms with E-state index in [0.717, 1.165) is 10.6 Å². The van der Waals surface area contributed by atoms with Crippen molar-refractivity contribution in [1.82, 2.24) is 5.32 Å². The van der Waals surface area contributed by atoms with E-state index < -0.39 is 0 Å². The van der Waals surface area contributed by atoms with Gasteiger partial charge < -0.3 is 10.2 Å². The molecule has 0 aromatic heterocycles. The van der Waals surface area contributed by atoms with Gasteiger partial charge >= 0.3 is 0 Å². The van der Waals surface area contributed by atoms with Gasteiger partial charge in [0.05, 0.1) is 11.4 Å². The van der Waals surface area contributed by atoms with Crippen LogP contribution >= 0.6 is 11.8 Å². The summed E-state index contributed by atoms with van der Waals surface area (Å²) in [5.41, 5.74) is 0.837. The summed E-state index contributed by atoms with van der Waals surface area (Å²) in [4.78, 5) is 26.4. The van der Waals surface area contributed by atoms with Crippen molar-refractivity contribution in [1.29, 1.82) is 0 Å². The lowest BCUT2D eigenvalue weighted by Crippen LogP contribution is -2.43. The average Bonchev–Trinajstić information content (AvgIpc) is 2.40. The Labute approximate surface area is 117 Å². The Kier molecular flexibility index (Phi) is 4.47. The summed E-state index contributed by atoms with van der Waals surface area (Å²) in [6.07, 6.45) is 0. The number of anilines is 1. The molecule has 1 heterocycles. The second-order valence-corrected chi connectivity index (χ2v) is 5.95. The quantitative estimate of drug-likeness (QED) is 0.915. The first-order chi connectivity index (χ1) is 9.08. The van der Waals surface area contributed by atoms with E-state index in [-0.39, 0.29) is 18.4 Å². The molecule has 19 heavy (non-hydrogen) atoms. The van der Waals surface area contributed by atoms with E-state index in [2.05, 4.69) is 5.32 Å².